The number of aryl methyl sites for hydroxylation is 3. The van der Waals surface area contributed by atoms with Crippen LogP contribution in [-0.4, -0.2) is 30.6 Å². The monoisotopic (exact) mass is 231 g/mol. The fraction of sp³-hybridized carbons (Fsp3) is 0.300. The molecular formula is C10H13N7. The lowest BCUT2D eigenvalue weighted by Gasteiger charge is -2.05. The fourth-order valence-corrected chi connectivity index (χ4v) is 1.50. The predicted octanol–water partition coefficient (Wildman–Crippen LogP) is 0.267. The number of aromatic nitrogens is 5. The number of nitrogens with two attached hydrogens (primary N) is 1. The van der Waals surface area contributed by atoms with Gasteiger partial charge in [-0.1, -0.05) is 0 Å². The highest BCUT2D eigenvalue weighted by Gasteiger charge is 2.10. The number of hydrogen-bond donors (Lipinski definition) is 2. The van der Waals surface area contributed by atoms with Crippen molar-refractivity contribution in [3.8, 4) is 5.95 Å². The molecule has 88 valence electrons. The molecular weight excluding hydrogens is 218 g/mol. The summed E-state index contributed by atoms with van der Waals surface area (Å²) in [4.78, 5) is 12.6. The molecule has 7 heteroatoms. The Balaban J connectivity index is 2.59. The summed E-state index contributed by atoms with van der Waals surface area (Å²) in [5.41, 5.74) is 6.54. The van der Waals surface area contributed by atoms with Gasteiger partial charge in [-0.25, -0.2) is 15.0 Å². The second kappa shape index (κ2) is 3.93. The first-order chi connectivity index (χ1) is 7.97. The Kier molecular flexibility index (Phi) is 2.58. The summed E-state index contributed by atoms with van der Waals surface area (Å²) < 4.78 is 1.54. The number of nitrogens with one attached hydrogen (secondary N) is 1. The van der Waals surface area contributed by atoms with Gasteiger partial charge < -0.3 is 5.73 Å². The molecule has 17 heavy (non-hydrogen) atoms. The highest BCUT2D eigenvalue weighted by Crippen LogP contribution is 2.07. The summed E-state index contributed by atoms with van der Waals surface area (Å²) in [6, 6.07) is 1.66. The zero-order valence-corrected chi connectivity index (χ0v) is 9.89. The molecule has 0 amide bonds. The van der Waals surface area contributed by atoms with Gasteiger partial charge in [-0.3, -0.25) is 5.41 Å². The standard InChI is InChI=1S/C10H13N7/c1-5-4-8(9(11)12)15-10(13-5)17-7(3)14-6(2)16-17/h4H,1-3H3,(H3,11,12). The van der Waals surface area contributed by atoms with E-state index in [0.717, 1.165) is 5.69 Å². The zero-order valence-electron chi connectivity index (χ0n) is 9.89. The van der Waals surface area contributed by atoms with Crippen LogP contribution in [0.3, 0.4) is 0 Å². The van der Waals surface area contributed by atoms with Crippen LogP contribution in [-0.2, 0) is 0 Å². The minimum atomic E-state index is -0.0914. The van der Waals surface area contributed by atoms with Crippen LogP contribution < -0.4 is 5.73 Å². The largest absolute Gasteiger partial charge is 0.382 e. The average Bonchev–Trinajstić information content (AvgIpc) is 2.57. The Morgan fingerprint density at radius 1 is 1.24 bits per heavy atom. The first kappa shape index (κ1) is 11.2. The van der Waals surface area contributed by atoms with Crippen molar-refractivity contribution < 1.29 is 0 Å². The number of amidine groups is 1. The lowest BCUT2D eigenvalue weighted by molar-refractivity contribution is 0.764. The summed E-state index contributed by atoms with van der Waals surface area (Å²) in [6.45, 7) is 5.43. The van der Waals surface area contributed by atoms with E-state index in [1.807, 2.05) is 13.8 Å². The van der Waals surface area contributed by atoms with Crippen molar-refractivity contribution in [2.45, 2.75) is 20.8 Å². The molecule has 7 nitrogen and oxygen atoms in total. The van der Waals surface area contributed by atoms with Crippen molar-refractivity contribution in [2.24, 2.45) is 5.73 Å². The highest BCUT2D eigenvalue weighted by molar-refractivity contribution is 5.93. The van der Waals surface area contributed by atoms with Crippen LogP contribution in [0.1, 0.15) is 23.0 Å². The smallest absolute Gasteiger partial charge is 0.253 e. The van der Waals surface area contributed by atoms with Crippen LogP contribution in [0.15, 0.2) is 6.07 Å². The molecule has 2 rings (SSSR count). The maximum absolute atomic E-state index is 7.39. The van der Waals surface area contributed by atoms with E-state index in [4.69, 9.17) is 11.1 Å². The van der Waals surface area contributed by atoms with Crippen LogP contribution in [0, 0.1) is 26.2 Å². The van der Waals surface area contributed by atoms with Crippen molar-refractivity contribution >= 4 is 5.84 Å². The number of nitrogen functional groups attached to an aromatic ring is 1. The average molecular weight is 231 g/mol. The van der Waals surface area contributed by atoms with E-state index in [1.165, 1.54) is 4.68 Å². The van der Waals surface area contributed by atoms with Gasteiger partial charge in [-0.15, -0.1) is 5.10 Å². The van der Waals surface area contributed by atoms with Gasteiger partial charge in [0.05, 0.1) is 0 Å². The lowest BCUT2D eigenvalue weighted by Crippen LogP contribution is -2.17. The first-order valence-corrected chi connectivity index (χ1v) is 5.08. The first-order valence-electron chi connectivity index (χ1n) is 5.08. The number of rotatable bonds is 2. The fourth-order valence-electron chi connectivity index (χ4n) is 1.50. The summed E-state index contributed by atoms with van der Waals surface area (Å²) in [5.74, 6) is 1.64. The van der Waals surface area contributed by atoms with Crippen LogP contribution in [0.25, 0.3) is 5.95 Å². The zero-order chi connectivity index (χ0) is 12.6. The normalized spacial score (nSPS) is 10.5. The Hall–Kier alpha value is -2.31. The molecule has 2 heterocycles. The molecule has 0 aliphatic heterocycles. The number of hydrogen-bond acceptors (Lipinski definition) is 5. The van der Waals surface area contributed by atoms with E-state index in [0.29, 0.717) is 23.3 Å². The third-order valence-corrected chi connectivity index (χ3v) is 2.18. The molecule has 0 aromatic carbocycles. The van der Waals surface area contributed by atoms with Crippen molar-refractivity contribution in [3.63, 3.8) is 0 Å². The molecule has 0 unspecified atom stereocenters. The second-order valence-corrected chi connectivity index (χ2v) is 3.73. The summed E-state index contributed by atoms with van der Waals surface area (Å²) in [6.07, 6.45) is 0. The van der Waals surface area contributed by atoms with Crippen molar-refractivity contribution in [2.75, 3.05) is 0 Å². The number of nitrogens with zero attached hydrogens (tertiary/aromatic N) is 5. The Bertz CT molecular complexity index is 584. The Morgan fingerprint density at radius 2 is 1.94 bits per heavy atom. The van der Waals surface area contributed by atoms with Gasteiger partial charge in [-0.2, -0.15) is 4.68 Å². The molecule has 0 bridgehead atoms. The highest BCUT2D eigenvalue weighted by atomic mass is 15.4. The van der Waals surface area contributed by atoms with Crippen LogP contribution >= 0.6 is 0 Å². The maximum Gasteiger partial charge on any atom is 0.253 e. The molecule has 0 saturated carbocycles. The van der Waals surface area contributed by atoms with Gasteiger partial charge in [0.15, 0.2) is 0 Å². The molecule has 0 aliphatic carbocycles. The minimum Gasteiger partial charge on any atom is -0.382 e. The summed E-state index contributed by atoms with van der Waals surface area (Å²) >= 11 is 0. The molecule has 0 spiro atoms. The van der Waals surface area contributed by atoms with E-state index in [2.05, 4.69) is 20.1 Å². The van der Waals surface area contributed by atoms with E-state index in [1.54, 1.807) is 13.0 Å². The molecule has 0 aliphatic rings. The molecule has 2 aromatic heterocycles. The second-order valence-electron chi connectivity index (χ2n) is 3.73. The molecule has 0 atom stereocenters. The summed E-state index contributed by atoms with van der Waals surface area (Å²) in [5, 5.41) is 11.6. The van der Waals surface area contributed by atoms with E-state index in [9.17, 15) is 0 Å². The Morgan fingerprint density at radius 3 is 2.47 bits per heavy atom. The van der Waals surface area contributed by atoms with Gasteiger partial charge in [0, 0.05) is 5.69 Å². The predicted molar refractivity (Wildman–Crippen MR) is 62.2 cm³/mol. The maximum atomic E-state index is 7.39. The quantitative estimate of drug-likeness (QED) is 0.569. The molecule has 0 radical (unpaired) electrons. The van der Waals surface area contributed by atoms with E-state index >= 15 is 0 Å². The molecule has 3 N–H and O–H groups in total. The lowest BCUT2D eigenvalue weighted by atomic mass is 10.3. The van der Waals surface area contributed by atoms with Crippen molar-refractivity contribution in [1.82, 2.24) is 24.7 Å². The van der Waals surface area contributed by atoms with Gasteiger partial charge in [0.2, 0.25) is 0 Å². The third kappa shape index (κ3) is 2.12. The van der Waals surface area contributed by atoms with Gasteiger partial charge in [0.1, 0.15) is 23.2 Å². The third-order valence-electron chi connectivity index (χ3n) is 2.18. The van der Waals surface area contributed by atoms with E-state index in [-0.39, 0.29) is 5.84 Å². The van der Waals surface area contributed by atoms with Crippen LogP contribution in [0.4, 0.5) is 0 Å². The van der Waals surface area contributed by atoms with Crippen LogP contribution in [0.2, 0.25) is 0 Å². The SMILES string of the molecule is Cc1cc(C(=N)N)nc(-n2nc(C)nc2C)n1. The Labute approximate surface area is 98.2 Å². The van der Waals surface area contributed by atoms with Gasteiger partial charge in [0.25, 0.3) is 5.95 Å². The van der Waals surface area contributed by atoms with E-state index < -0.39 is 0 Å². The molecule has 0 saturated heterocycles. The van der Waals surface area contributed by atoms with Crippen molar-refractivity contribution in [1.29, 1.82) is 5.41 Å². The minimum absolute atomic E-state index is 0.0914. The van der Waals surface area contributed by atoms with Crippen molar-refractivity contribution in [3.05, 3.63) is 29.1 Å². The topological polar surface area (TPSA) is 106 Å². The molecule has 0 fully saturated rings. The van der Waals surface area contributed by atoms with Gasteiger partial charge >= 0.3 is 0 Å². The summed E-state index contributed by atoms with van der Waals surface area (Å²) in [7, 11) is 0. The van der Waals surface area contributed by atoms with Crippen LogP contribution in [0.5, 0.6) is 0 Å². The molecule has 2 aromatic rings. The van der Waals surface area contributed by atoms with Gasteiger partial charge in [-0.05, 0) is 26.8 Å².